The van der Waals surface area contributed by atoms with Gasteiger partial charge >= 0.3 is 5.97 Å². The Balaban J connectivity index is 1.77. The van der Waals surface area contributed by atoms with Crippen molar-refractivity contribution in [3.63, 3.8) is 0 Å². The van der Waals surface area contributed by atoms with Gasteiger partial charge in [0.15, 0.2) is 0 Å². The minimum Gasteiger partial charge on any atom is -0.478 e. The topological polar surface area (TPSA) is 75.5 Å². The van der Waals surface area contributed by atoms with Crippen LogP contribution in [0.3, 0.4) is 0 Å². The summed E-state index contributed by atoms with van der Waals surface area (Å²) < 4.78 is 5.55. The van der Waals surface area contributed by atoms with Crippen LogP contribution in [0, 0.1) is 5.92 Å². The first-order valence-corrected chi connectivity index (χ1v) is 6.45. The van der Waals surface area contributed by atoms with Crippen LogP contribution in [-0.4, -0.2) is 52.7 Å². The van der Waals surface area contributed by atoms with Crippen molar-refractivity contribution in [3.05, 3.63) is 23.8 Å². The Kier molecular flexibility index (Phi) is 4.81. The summed E-state index contributed by atoms with van der Waals surface area (Å²) in [7, 11) is 1.92. The van der Waals surface area contributed by atoms with E-state index in [0.29, 0.717) is 18.8 Å². The molecule has 1 heterocycles. The maximum Gasteiger partial charge on any atom is 0.339 e. The molecule has 104 valence electrons. The monoisotopic (exact) mass is 265 g/mol. The summed E-state index contributed by atoms with van der Waals surface area (Å²) in [5.74, 6) is -0.222. The molecule has 0 unspecified atom stereocenters. The van der Waals surface area contributed by atoms with Crippen molar-refractivity contribution < 1.29 is 14.6 Å². The van der Waals surface area contributed by atoms with Gasteiger partial charge in [-0.1, -0.05) is 0 Å². The second kappa shape index (κ2) is 6.58. The van der Waals surface area contributed by atoms with Gasteiger partial charge in [0.05, 0.1) is 12.3 Å². The normalized spacial score (nSPS) is 14.8. The number of rotatable bonds is 8. The Labute approximate surface area is 112 Å². The number of ether oxygens (including phenoxy) is 1. The van der Waals surface area contributed by atoms with Gasteiger partial charge in [-0.2, -0.15) is 0 Å². The third kappa shape index (κ3) is 4.57. The molecule has 1 aromatic rings. The number of carboxylic acid groups (broad SMARTS) is 1. The molecule has 0 radical (unpaired) electrons. The third-order valence-corrected chi connectivity index (χ3v) is 3.11. The smallest absolute Gasteiger partial charge is 0.339 e. The van der Waals surface area contributed by atoms with E-state index in [4.69, 9.17) is 9.84 Å². The number of hydrogen-bond acceptors (Lipinski definition) is 5. The molecule has 0 saturated heterocycles. The van der Waals surface area contributed by atoms with E-state index in [-0.39, 0.29) is 5.56 Å². The van der Waals surface area contributed by atoms with Gasteiger partial charge in [0.1, 0.15) is 11.9 Å². The van der Waals surface area contributed by atoms with Crippen LogP contribution in [0.4, 0.5) is 0 Å². The van der Waals surface area contributed by atoms with Crippen molar-refractivity contribution >= 4 is 5.97 Å². The minimum atomic E-state index is -0.992. The van der Waals surface area contributed by atoms with E-state index in [2.05, 4.69) is 9.97 Å². The molecule has 1 aliphatic carbocycles. The Bertz CT molecular complexity index is 435. The maximum absolute atomic E-state index is 11.0. The molecule has 6 nitrogen and oxygen atoms in total. The second-order valence-electron chi connectivity index (χ2n) is 4.94. The molecule has 19 heavy (non-hydrogen) atoms. The SMILES string of the molecule is CN(CCOCC1CC1)Cc1ncncc1C(=O)O. The van der Waals surface area contributed by atoms with Crippen LogP contribution < -0.4 is 0 Å². The van der Waals surface area contributed by atoms with Gasteiger partial charge in [0.2, 0.25) is 0 Å². The van der Waals surface area contributed by atoms with Gasteiger partial charge in [-0.3, -0.25) is 4.90 Å². The van der Waals surface area contributed by atoms with Crippen molar-refractivity contribution in [1.82, 2.24) is 14.9 Å². The van der Waals surface area contributed by atoms with E-state index in [1.54, 1.807) is 0 Å². The highest BCUT2D eigenvalue weighted by Gasteiger charge is 2.21. The molecule has 1 aromatic heterocycles. The predicted molar refractivity (Wildman–Crippen MR) is 68.9 cm³/mol. The molecule has 6 heteroatoms. The minimum absolute atomic E-state index is 0.160. The van der Waals surface area contributed by atoms with E-state index >= 15 is 0 Å². The zero-order valence-corrected chi connectivity index (χ0v) is 11.1. The van der Waals surface area contributed by atoms with E-state index in [1.165, 1.54) is 25.4 Å². The third-order valence-electron chi connectivity index (χ3n) is 3.11. The van der Waals surface area contributed by atoms with Crippen molar-refractivity contribution in [3.8, 4) is 0 Å². The molecule has 1 N–H and O–H groups in total. The van der Waals surface area contributed by atoms with E-state index in [9.17, 15) is 4.79 Å². The molecule has 0 amide bonds. The summed E-state index contributed by atoms with van der Waals surface area (Å²) in [6.07, 6.45) is 5.29. The van der Waals surface area contributed by atoms with Gasteiger partial charge in [-0.05, 0) is 25.8 Å². The highest BCUT2D eigenvalue weighted by molar-refractivity contribution is 5.88. The summed E-state index contributed by atoms with van der Waals surface area (Å²) in [4.78, 5) is 20.8. The molecule has 0 atom stereocenters. The second-order valence-corrected chi connectivity index (χ2v) is 4.94. The number of carbonyl (C=O) groups is 1. The molecule has 2 rings (SSSR count). The molecule has 1 aliphatic rings. The van der Waals surface area contributed by atoms with Crippen LogP contribution in [0.2, 0.25) is 0 Å². The number of aromatic carboxylic acids is 1. The maximum atomic E-state index is 11.0. The van der Waals surface area contributed by atoms with Gasteiger partial charge in [-0.25, -0.2) is 14.8 Å². The van der Waals surface area contributed by atoms with Gasteiger partial charge in [0.25, 0.3) is 0 Å². The Morgan fingerprint density at radius 3 is 3.05 bits per heavy atom. The summed E-state index contributed by atoms with van der Waals surface area (Å²) in [6, 6.07) is 0. The van der Waals surface area contributed by atoms with Crippen molar-refractivity contribution in [2.45, 2.75) is 19.4 Å². The molecule has 1 fully saturated rings. The van der Waals surface area contributed by atoms with Gasteiger partial charge < -0.3 is 9.84 Å². The van der Waals surface area contributed by atoms with Crippen LogP contribution in [0.25, 0.3) is 0 Å². The molecule has 0 aliphatic heterocycles. The van der Waals surface area contributed by atoms with E-state index in [0.717, 1.165) is 19.1 Å². The average Bonchev–Trinajstić information content (AvgIpc) is 3.19. The lowest BCUT2D eigenvalue weighted by atomic mass is 10.2. The zero-order valence-electron chi connectivity index (χ0n) is 11.1. The summed E-state index contributed by atoms with van der Waals surface area (Å²) in [6.45, 7) is 2.76. The van der Waals surface area contributed by atoms with Crippen LogP contribution in [0.1, 0.15) is 28.9 Å². The zero-order chi connectivity index (χ0) is 13.7. The fourth-order valence-electron chi connectivity index (χ4n) is 1.75. The number of likely N-dealkylation sites (N-methyl/N-ethyl adjacent to an activating group) is 1. The highest BCUT2D eigenvalue weighted by Crippen LogP contribution is 2.28. The molecule has 0 bridgehead atoms. The molecule has 0 spiro atoms. The fourth-order valence-corrected chi connectivity index (χ4v) is 1.75. The number of nitrogens with zero attached hydrogens (tertiary/aromatic N) is 3. The van der Waals surface area contributed by atoms with Gasteiger partial charge in [-0.15, -0.1) is 0 Å². The van der Waals surface area contributed by atoms with Crippen LogP contribution in [0.5, 0.6) is 0 Å². The highest BCUT2D eigenvalue weighted by atomic mass is 16.5. The Morgan fingerprint density at radius 2 is 2.37 bits per heavy atom. The number of hydrogen-bond donors (Lipinski definition) is 1. The van der Waals surface area contributed by atoms with Crippen LogP contribution >= 0.6 is 0 Å². The lowest BCUT2D eigenvalue weighted by molar-refractivity contribution is 0.0692. The van der Waals surface area contributed by atoms with Gasteiger partial charge in [0, 0.05) is 25.9 Å². The Hall–Kier alpha value is -1.53. The molecular weight excluding hydrogens is 246 g/mol. The van der Waals surface area contributed by atoms with Crippen LogP contribution in [0.15, 0.2) is 12.5 Å². The van der Waals surface area contributed by atoms with Crippen molar-refractivity contribution in [1.29, 1.82) is 0 Å². The molecule has 0 aromatic carbocycles. The summed E-state index contributed by atoms with van der Waals surface area (Å²) >= 11 is 0. The van der Waals surface area contributed by atoms with E-state index in [1.807, 2.05) is 11.9 Å². The quantitative estimate of drug-likeness (QED) is 0.708. The first-order chi connectivity index (χ1) is 9.16. The van der Waals surface area contributed by atoms with Crippen molar-refractivity contribution in [2.75, 3.05) is 26.8 Å². The lowest BCUT2D eigenvalue weighted by Crippen LogP contribution is -2.25. The summed E-state index contributed by atoms with van der Waals surface area (Å²) in [5.41, 5.74) is 0.695. The Morgan fingerprint density at radius 1 is 1.58 bits per heavy atom. The predicted octanol–water partition coefficient (Wildman–Crippen LogP) is 1.03. The summed E-state index contributed by atoms with van der Waals surface area (Å²) in [5, 5.41) is 9.04. The molecular formula is C13H19N3O3. The molecule has 1 saturated carbocycles. The number of aromatic nitrogens is 2. The standard InChI is InChI=1S/C13H19N3O3/c1-16(4-5-19-8-10-2-3-10)7-12-11(13(17)18)6-14-9-15-12/h6,9-10H,2-5,7-8H2,1H3,(H,17,18). The fraction of sp³-hybridized carbons (Fsp3) is 0.615. The van der Waals surface area contributed by atoms with Crippen LogP contribution in [-0.2, 0) is 11.3 Å². The first-order valence-electron chi connectivity index (χ1n) is 6.45. The lowest BCUT2D eigenvalue weighted by Gasteiger charge is -2.16. The average molecular weight is 265 g/mol. The number of carboxylic acids is 1. The van der Waals surface area contributed by atoms with Crippen molar-refractivity contribution in [2.24, 2.45) is 5.92 Å². The van der Waals surface area contributed by atoms with E-state index < -0.39 is 5.97 Å². The largest absolute Gasteiger partial charge is 0.478 e. The first kappa shape index (κ1) is 13.9.